The number of carbonyl (C=O) groups excluding carboxylic acids is 2. The van der Waals surface area contributed by atoms with Crippen molar-refractivity contribution in [3.63, 3.8) is 0 Å². The molecule has 168 valence electrons. The SMILES string of the molecule is CC(C)(C)OC(=O)NC(CCCN=C(N)N)C(=O)c1c(N)ccc(O)c1C(=O)O.Cl. The molecule has 0 radical (unpaired) electrons. The van der Waals surface area contributed by atoms with Crippen LogP contribution in [0.2, 0.25) is 0 Å². The van der Waals surface area contributed by atoms with Gasteiger partial charge in [0.25, 0.3) is 0 Å². The maximum atomic E-state index is 13.1. The largest absolute Gasteiger partial charge is 0.507 e. The lowest BCUT2D eigenvalue weighted by molar-refractivity contribution is 0.0488. The lowest BCUT2D eigenvalue weighted by atomic mass is 9.94. The molecule has 0 aliphatic rings. The summed E-state index contributed by atoms with van der Waals surface area (Å²) in [5, 5.41) is 21.7. The number of benzene rings is 1. The molecule has 30 heavy (non-hydrogen) atoms. The molecule has 0 saturated heterocycles. The number of nitrogens with two attached hydrogens (primary N) is 3. The van der Waals surface area contributed by atoms with E-state index < -0.39 is 46.4 Å². The number of nitrogens with zero attached hydrogens (tertiary/aromatic N) is 1. The van der Waals surface area contributed by atoms with E-state index in [2.05, 4.69) is 10.3 Å². The molecule has 1 atom stereocenters. The smallest absolute Gasteiger partial charge is 0.408 e. The Morgan fingerprint density at radius 3 is 2.30 bits per heavy atom. The number of carbonyl (C=O) groups is 3. The summed E-state index contributed by atoms with van der Waals surface area (Å²) >= 11 is 0. The number of ketones is 1. The molecule has 0 spiro atoms. The van der Waals surface area contributed by atoms with Gasteiger partial charge in [-0.2, -0.15) is 0 Å². The number of nitrogen functional groups attached to an aromatic ring is 1. The molecule has 1 aromatic rings. The highest BCUT2D eigenvalue weighted by atomic mass is 35.5. The summed E-state index contributed by atoms with van der Waals surface area (Å²) in [6.07, 6.45) is -0.498. The van der Waals surface area contributed by atoms with Gasteiger partial charge in [0.2, 0.25) is 0 Å². The molecule has 0 saturated carbocycles. The summed E-state index contributed by atoms with van der Waals surface area (Å²) in [7, 11) is 0. The molecule has 1 rings (SSSR count). The van der Waals surface area contributed by atoms with Gasteiger partial charge in [0, 0.05) is 12.2 Å². The van der Waals surface area contributed by atoms with Crippen molar-refractivity contribution in [2.45, 2.75) is 45.3 Å². The van der Waals surface area contributed by atoms with Crippen molar-refractivity contribution in [3.8, 4) is 5.75 Å². The number of aromatic carboxylic acids is 1. The standard InChI is InChI=1S/C18H27N5O6.ClH/c1-18(2,3)29-17(28)23-10(5-4-8-22-16(20)21)14(25)12-9(19)6-7-11(24)13(12)15(26)27;/h6-7,10,24H,4-5,8,19H2,1-3H3,(H,23,28)(H,26,27)(H4,20,21,22);1H. The number of alkyl carbamates (subject to hydrolysis) is 1. The monoisotopic (exact) mass is 445 g/mol. The fourth-order valence-electron chi connectivity index (χ4n) is 2.49. The molecule has 0 aromatic heterocycles. The van der Waals surface area contributed by atoms with E-state index in [4.69, 9.17) is 21.9 Å². The molecule has 1 unspecified atom stereocenters. The summed E-state index contributed by atoms with van der Waals surface area (Å²) in [6.45, 7) is 5.14. The number of ether oxygens (including phenoxy) is 1. The number of carboxylic acid groups (broad SMARTS) is 1. The van der Waals surface area contributed by atoms with E-state index in [9.17, 15) is 24.6 Å². The van der Waals surface area contributed by atoms with Crippen molar-refractivity contribution in [1.82, 2.24) is 5.32 Å². The summed E-state index contributed by atoms with van der Waals surface area (Å²) < 4.78 is 5.16. The van der Waals surface area contributed by atoms with Crippen LogP contribution in [0.3, 0.4) is 0 Å². The van der Waals surface area contributed by atoms with Crippen LogP contribution in [-0.4, -0.2) is 52.2 Å². The van der Waals surface area contributed by atoms with E-state index in [0.717, 1.165) is 6.07 Å². The van der Waals surface area contributed by atoms with Gasteiger partial charge in [-0.1, -0.05) is 0 Å². The number of guanidine groups is 1. The van der Waals surface area contributed by atoms with Crippen molar-refractivity contribution in [2.75, 3.05) is 12.3 Å². The first-order valence-corrected chi connectivity index (χ1v) is 8.77. The van der Waals surface area contributed by atoms with Crippen LogP contribution in [0.1, 0.15) is 54.3 Å². The molecule has 9 N–H and O–H groups in total. The number of aromatic hydroxyl groups is 1. The topological polar surface area (TPSA) is 203 Å². The maximum absolute atomic E-state index is 13.1. The summed E-state index contributed by atoms with van der Waals surface area (Å²) in [5.74, 6) is -3.06. The Balaban J connectivity index is 0.00000841. The lowest BCUT2D eigenvalue weighted by Gasteiger charge is -2.24. The van der Waals surface area contributed by atoms with Gasteiger partial charge in [-0.05, 0) is 45.7 Å². The number of nitrogens with one attached hydrogen (secondary N) is 1. The van der Waals surface area contributed by atoms with Gasteiger partial charge in [-0.25, -0.2) is 9.59 Å². The second-order valence-corrected chi connectivity index (χ2v) is 7.24. The fraction of sp³-hybridized carbons (Fsp3) is 0.444. The number of halogens is 1. The first kappa shape index (κ1) is 26.8. The number of phenols is 1. The van der Waals surface area contributed by atoms with Gasteiger partial charge in [0.05, 0.1) is 11.6 Å². The van der Waals surface area contributed by atoms with Crippen LogP contribution in [0.15, 0.2) is 17.1 Å². The number of rotatable bonds is 8. The molecule has 0 fully saturated rings. The van der Waals surface area contributed by atoms with Crippen LogP contribution in [0.5, 0.6) is 5.75 Å². The molecule has 12 heteroatoms. The van der Waals surface area contributed by atoms with Crippen molar-refractivity contribution in [2.24, 2.45) is 16.5 Å². The fourth-order valence-corrected chi connectivity index (χ4v) is 2.49. The normalized spacial score (nSPS) is 11.6. The first-order valence-electron chi connectivity index (χ1n) is 8.77. The van der Waals surface area contributed by atoms with Gasteiger partial charge in [-0.3, -0.25) is 9.79 Å². The lowest BCUT2D eigenvalue weighted by Crippen LogP contribution is -2.44. The Hall–Kier alpha value is -3.21. The van der Waals surface area contributed by atoms with Crippen LogP contribution in [0, 0.1) is 0 Å². The van der Waals surface area contributed by atoms with Crippen LogP contribution in [-0.2, 0) is 4.74 Å². The number of amides is 1. The summed E-state index contributed by atoms with van der Waals surface area (Å²) in [6, 6.07) is 1.10. The minimum absolute atomic E-state index is 0. The van der Waals surface area contributed by atoms with Crippen LogP contribution >= 0.6 is 12.4 Å². The molecule has 0 aliphatic heterocycles. The Morgan fingerprint density at radius 1 is 1.20 bits per heavy atom. The molecular formula is C18H28ClN5O6. The van der Waals surface area contributed by atoms with Gasteiger partial charge in [-0.15, -0.1) is 12.4 Å². The van der Waals surface area contributed by atoms with Crippen molar-refractivity contribution in [1.29, 1.82) is 0 Å². The minimum Gasteiger partial charge on any atom is -0.507 e. The number of Topliss-reactive ketones (excluding diaryl/α,β-unsaturated/α-hetero) is 1. The third-order valence-corrected chi connectivity index (χ3v) is 3.63. The maximum Gasteiger partial charge on any atom is 0.408 e. The van der Waals surface area contributed by atoms with Gasteiger partial charge in [0.1, 0.15) is 16.9 Å². The molecule has 0 bridgehead atoms. The van der Waals surface area contributed by atoms with Crippen LogP contribution < -0.4 is 22.5 Å². The molecular weight excluding hydrogens is 418 g/mol. The zero-order valence-corrected chi connectivity index (χ0v) is 17.8. The number of hydrogen-bond acceptors (Lipinski definition) is 7. The zero-order chi connectivity index (χ0) is 22.4. The van der Waals surface area contributed by atoms with Crippen molar-refractivity contribution >= 4 is 41.9 Å². The second-order valence-electron chi connectivity index (χ2n) is 7.24. The highest BCUT2D eigenvalue weighted by Crippen LogP contribution is 2.28. The predicted molar refractivity (Wildman–Crippen MR) is 114 cm³/mol. The molecule has 0 heterocycles. The Bertz CT molecular complexity index is 818. The van der Waals surface area contributed by atoms with E-state index in [-0.39, 0.29) is 37.0 Å². The van der Waals surface area contributed by atoms with E-state index in [1.165, 1.54) is 6.07 Å². The van der Waals surface area contributed by atoms with Gasteiger partial charge >= 0.3 is 12.1 Å². The quantitative estimate of drug-likeness (QED) is 0.0848. The Kier molecular flexibility index (Phi) is 9.91. The van der Waals surface area contributed by atoms with Crippen LogP contribution in [0.4, 0.5) is 10.5 Å². The molecule has 1 amide bonds. The number of anilines is 1. The predicted octanol–water partition coefficient (Wildman–Crippen LogP) is 1.22. The van der Waals surface area contributed by atoms with E-state index >= 15 is 0 Å². The number of aliphatic imine (C=N–C) groups is 1. The van der Waals surface area contributed by atoms with E-state index in [1.54, 1.807) is 20.8 Å². The summed E-state index contributed by atoms with van der Waals surface area (Å²) in [4.78, 5) is 40.6. The highest BCUT2D eigenvalue weighted by Gasteiger charge is 2.31. The first-order chi connectivity index (χ1) is 13.3. The van der Waals surface area contributed by atoms with Crippen molar-refractivity contribution in [3.05, 3.63) is 23.3 Å². The van der Waals surface area contributed by atoms with E-state index in [0.29, 0.717) is 6.42 Å². The third-order valence-electron chi connectivity index (χ3n) is 3.63. The molecule has 0 aliphatic carbocycles. The molecule has 1 aromatic carbocycles. The minimum atomic E-state index is -1.53. The van der Waals surface area contributed by atoms with Gasteiger partial charge in [0.15, 0.2) is 11.7 Å². The third kappa shape index (κ3) is 8.03. The Morgan fingerprint density at radius 2 is 1.80 bits per heavy atom. The molecule has 11 nitrogen and oxygen atoms in total. The van der Waals surface area contributed by atoms with E-state index in [1.807, 2.05) is 0 Å². The second kappa shape index (κ2) is 11.1. The van der Waals surface area contributed by atoms with Crippen molar-refractivity contribution < 1.29 is 29.3 Å². The number of hydrogen-bond donors (Lipinski definition) is 6. The number of carboxylic acids is 1. The average Bonchev–Trinajstić information content (AvgIpc) is 2.56. The summed E-state index contributed by atoms with van der Waals surface area (Å²) in [5.41, 5.74) is 14.3. The van der Waals surface area contributed by atoms with Crippen LogP contribution in [0.25, 0.3) is 0 Å². The Labute approximate surface area is 180 Å². The zero-order valence-electron chi connectivity index (χ0n) is 17.0. The average molecular weight is 446 g/mol. The van der Waals surface area contributed by atoms with Gasteiger partial charge < -0.3 is 37.5 Å². The highest BCUT2D eigenvalue weighted by molar-refractivity contribution is 6.13.